The monoisotopic (exact) mass is 762 g/mol. The van der Waals surface area contributed by atoms with Gasteiger partial charge in [0.05, 0.1) is 11.4 Å². The molecular weight excluding hydrogens is 721 g/mol. The quantitative estimate of drug-likeness (QED) is 0.0806. The van der Waals surface area contributed by atoms with Gasteiger partial charge in [-0.25, -0.2) is 19.2 Å². The van der Waals surface area contributed by atoms with E-state index in [2.05, 4.69) is 21.3 Å². The summed E-state index contributed by atoms with van der Waals surface area (Å²) < 4.78 is 11.2. The third kappa shape index (κ3) is 9.56. The smallest absolute Gasteiger partial charge is 0.409 e. The van der Waals surface area contributed by atoms with Crippen LogP contribution in [-0.2, 0) is 5.41 Å². The van der Waals surface area contributed by atoms with Crippen LogP contribution in [0.4, 0.5) is 41.9 Å². The van der Waals surface area contributed by atoms with Crippen molar-refractivity contribution in [2.24, 2.45) is 11.5 Å². The van der Waals surface area contributed by atoms with Gasteiger partial charge >= 0.3 is 24.2 Å². The number of rotatable bonds is 10. The number of urea groups is 2. The van der Waals surface area contributed by atoms with Crippen molar-refractivity contribution in [2.45, 2.75) is 33.1 Å². The summed E-state index contributed by atoms with van der Waals surface area (Å²) in [5, 5.41) is 11.5. The first kappa shape index (κ1) is 39.1. The van der Waals surface area contributed by atoms with Gasteiger partial charge in [-0.2, -0.15) is 0 Å². The maximum atomic E-state index is 13.0. The van der Waals surface area contributed by atoms with Crippen molar-refractivity contribution >= 4 is 47.0 Å². The van der Waals surface area contributed by atoms with Gasteiger partial charge in [0.2, 0.25) is 0 Å². The average Bonchev–Trinajstić information content (AvgIpc) is 3.15. The number of carbonyl (C=O) groups excluding carboxylic acids is 4. The number of nitrogens with two attached hydrogens (primary N) is 2. The van der Waals surface area contributed by atoms with Gasteiger partial charge in [-0.3, -0.25) is 0 Å². The van der Waals surface area contributed by atoms with E-state index in [0.717, 1.165) is 11.1 Å². The molecule has 12 heteroatoms. The second-order valence-electron chi connectivity index (χ2n) is 13.9. The van der Waals surface area contributed by atoms with Crippen molar-refractivity contribution in [1.29, 1.82) is 0 Å². The Morgan fingerprint density at radius 1 is 0.491 bits per heavy atom. The van der Waals surface area contributed by atoms with Crippen LogP contribution in [-0.4, -0.2) is 24.2 Å². The van der Waals surface area contributed by atoms with E-state index >= 15 is 0 Å². The summed E-state index contributed by atoms with van der Waals surface area (Å²) in [6.45, 7) is 7.57. The Labute approximate surface area is 330 Å². The number of benzene rings is 6. The second kappa shape index (κ2) is 16.8. The van der Waals surface area contributed by atoms with Gasteiger partial charge in [0.1, 0.15) is 11.5 Å². The summed E-state index contributed by atoms with van der Waals surface area (Å²) in [4.78, 5) is 50.7. The molecule has 57 heavy (non-hydrogen) atoms. The number of nitrogens with one attached hydrogen (secondary N) is 4. The molecule has 0 unspecified atom stereocenters. The van der Waals surface area contributed by atoms with Gasteiger partial charge in [-0.05, 0) is 84.6 Å². The summed E-state index contributed by atoms with van der Waals surface area (Å²) >= 11 is 0. The molecule has 0 heterocycles. The molecule has 0 bridgehead atoms. The largest absolute Gasteiger partial charge is 0.410 e. The molecule has 0 aliphatic heterocycles. The Balaban J connectivity index is 1.36. The Morgan fingerprint density at radius 2 is 0.877 bits per heavy atom. The number of anilines is 4. The number of ether oxygens (including phenoxy) is 2. The first-order valence-corrected chi connectivity index (χ1v) is 18.0. The van der Waals surface area contributed by atoms with Crippen LogP contribution in [0.5, 0.6) is 11.5 Å². The van der Waals surface area contributed by atoms with E-state index in [1.165, 1.54) is 0 Å². The lowest BCUT2D eigenvalue weighted by atomic mass is 9.76. The van der Waals surface area contributed by atoms with Gasteiger partial charge in [0.15, 0.2) is 0 Å². The van der Waals surface area contributed by atoms with Crippen LogP contribution in [0.3, 0.4) is 0 Å². The standard InChI is InChI=1S/C45H42N6O6/c1-27-15-19-33(37(23-27)50-43(54)48-31-11-7-5-8-12-31)29-17-21-35(39(25-29)56-41(46)52)45(3,4)36-22-18-30(26-40(36)57-42(47)53)34-20-16-28(2)24-38(34)51-44(55)49-32-13-9-6-10-14-32/h5-26H,1-4H3,(H2,46,52)(H2,47,53)(H2,48,50,54)(H2,49,51,55). The zero-order chi connectivity index (χ0) is 40.7. The normalized spacial score (nSPS) is 10.9. The topological polar surface area (TPSA) is 187 Å². The first-order valence-electron chi connectivity index (χ1n) is 18.0. The highest BCUT2D eigenvalue weighted by molar-refractivity contribution is 6.03. The highest BCUT2D eigenvalue weighted by Gasteiger charge is 2.32. The van der Waals surface area contributed by atoms with Crippen LogP contribution < -0.4 is 42.2 Å². The molecule has 0 aliphatic rings. The van der Waals surface area contributed by atoms with E-state index in [4.69, 9.17) is 20.9 Å². The lowest BCUT2D eigenvalue weighted by molar-refractivity contribution is 0.210. The third-order valence-electron chi connectivity index (χ3n) is 9.26. The molecule has 0 fully saturated rings. The highest BCUT2D eigenvalue weighted by atomic mass is 16.6. The molecule has 0 radical (unpaired) electrons. The lowest BCUT2D eigenvalue weighted by Gasteiger charge is -2.30. The fourth-order valence-electron chi connectivity index (χ4n) is 6.58. The Kier molecular flexibility index (Phi) is 11.5. The predicted molar refractivity (Wildman–Crippen MR) is 224 cm³/mol. The molecule has 0 saturated carbocycles. The van der Waals surface area contributed by atoms with Crippen LogP contribution in [0.1, 0.15) is 36.1 Å². The fraction of sp³-hybridized carbons (Fsp3) is 0.111. The minimum absolute atomic E-state index is 0.147. The Bertz CT molecular complexity index is 2300. The van der Waals surface area contributed by atoms with Crippen molar-refractivity contribution in [3.8, 4) is 33.8 Å². The third-order valence-corrected chi connectivity index (χ3v) is 9.26. The van der Waals surface area contributed by atoms with Crippen LogP contribution in [0.2, 0.25) is 0 Å². The zero-order valence-corrected chi connectivity index (χ0v) is 31.8. The summed E-state index contributed by atoms with van der Waals surface area (Å²) in [5.41, 5.74) is 17.9. The summed E-state index contributed by atoms with van der Waals surface area (Å²) in [7, 11) is 0. The second-order valence-corrected chi connectivity index (χ2v) is 13.9. The number of carbonyl (C=O) groups is 4. The number of aryl methyl sites for hydroxylation is 2. The number of primary amides is 2. The van der Waals surface area contributed by atoms with E-state index in [1.54, 1.807) is 48.5 Å². The first-order chi connectivity index (χ1) is 27.3. The molecule has 12 nitrogen and oxygen atoms in total. The minimum atomic E-state index is -1.03. The molecule has 0 saturated heterocycles. The average molecular weight is 763 g/mol. The van der Waals surface area contributed by atoms with Crippen molar-refractivity contribution in [3.63, 3.8) is 0 Å². The molecule has 0 aliphatic carbocycles. The van der Waals surface area contributed by atoms with Crippen LogP contribution >= 0.6 is 0 Å². The summed E-state index contributed by atoms with van der Waals surface area (Å²) in [5.74, 6) is 0.294. The molecule has 0 spiro atoms. The molecule has 0 atom stereocenters. The van der Waals surface area contributed by atoms with Crippen LogP contribution in [0, 0.1) is 13.8 Å². The van der Waals surface area contributed by atoms with Crippen molar-refractivity contribution in [1.82, 2.24) is 0 Å². The van der Waals surface area contributed by atoms with E-state index in [9.17, 15) is 19.2 Å². The van der Waals surface area contributed by atoms with Gasteiger partial charge in [0.25, 0.3) is 0 Å². The molecule has 6 rings (SSSR count). The van der Waals surface area contributed by atoms with E-state index in [-0.39, 0.29) is 11.5 Å². The number of amides is 6. The molecule has 6 aromatic rings. The van der Waals surface area contributed by atoms with E-state index in [0.29, 0.717) is 56.1 Å². The molecule has 8 N–H and O–H groups in total. The van der Waals surface area contributed by atoms with Gasteiger partial charge in [-0.15, -0.1) is 0 Å². The maximum Gasteiger partial charge on any atom is 0.409 e. The van der Waals surface area contributed by atoms with Gasteiger partial charge in [-0.1, -0.05) is 98.8 Å². The summed E-state index contributed by atoms with van der Waals surface area (Å²) in [6, 6.07) is 39.0. The number of hydrogen-bond acceptors (Lipinski definition) is 6. The Hall–Kier alpha value is -7.60. The zero-order valence-electron chi connectivity index (χ0n) is 31.8. The molecule has 6 aromatic carbocycles. The van der Waals surface area contributed by atoms with Gasteiger partial charge < -0.3 is 42.2 Å². The SMILES string of the molecule is Cc1ccc(-c2ccc(C(C)(C)c3ccc(-c4ccc(C)cc4NC(=O)Nc4ccccc4)cc3OC(N)=O)c(OC(N)=O)c2)c(NC(=O)Nc2ccccc2)c1. The molecule has 6 amide bonds. The molecule has 0 aromatic heterocycles. The highest BCUT2D eigenvalue weighted by Crippen LogP contribution is 2.45. The Morgan fingerprint density at radius 3 is 1.25 bits per heavy atom. The van der Waals surface area contributed by atoms with Crippen molar-refractivity contribution < 1.29 is 28.7 Å². The number of para-hydroxylation sites is 2. The fourth-order valence-corrected chi connectivity index (χ4v) is 6.58. The van der Waals surface area contributed by atoms with Crippen LogP contribution in [0.25, 0.3) is 22.3 Å². The van der Waals surface area contributed by atoms with Crippen molar-refractivity contribution in [2.75, 3.05) is 21.3 Å². The predicted octanol–water partition coefficient (Wildman–Crippen LogP) is 10.2. The van der Waals surface area contributed by atoms with E-state index in [1.807, 2.05) is 113 Å². The molecular formula is C45H42N6O6. The van der Waals surface area contributed by atoms with Crippen molar-refractivity contribution in [3.05, 3.63) is 156 Å². The summed E-state index contributed by atoms with van der Waals surface area (Å²) in [6.07, 6.45) is -2.07. The van der Waals surface area contributed by atoms with E-state index < -0.39 is 29.7 Å². The number of hydrogen-bond donors (Lipinski definition) is 6. The lowest BCUT2D eigenvalue weighted by Crippen LogP contribution is -2.25. The van der Waals surface area contributed by atoms with Crippen LogP contribution in [0.15, 0.2) is 133 Å². The van der Waals surface area contributed by atoms with Gasteiger partial charge in [0, 0.05) is 39.0 Å². The molecule has 288 valence electrons. The maximum absolute atomic E-state index is 13.0. The minimum Gasteiger partial charge on any atom is -0.410 e.